The summed E-state index contributed by atoms with van der Waals surface area (Å²) in [4.78, 5) is 39.9. The fourth-order valence-electron chi connectivity index (χ4n) is 4.71. The standard InChI is InChI=1S/C30H21ClFN5O2S/c1-17(36-29-25-22(38)14-15-33-28(25)34-16-35-29)27-26(31)21-8-5-9-23(40-20-12-10-18(32)11-13-20)24(21)30(39)37(27)19-6-3-2-4-7-19/h2-17H,1H3,(H2,33,34,35,36,38)/t17-/m0/s1. The van der Waals surface area contributed by atoms with Gasteiger partial charge >= 0.3 is 0 Å². The summed E-state index contributed by atoms with van der Waals surface area (Å²) in [5.74, 6) is -0.00970. The minimum absolute atomic E-state index is 0.239. The number of H-pyrrole nitrogens is 1. The molecule has 0 spiro atoms. The zero-order valence-electron chi connectivity index (χ0n) is 21.1. The Labute approximate surface area is 236 Å². The van der Waals surface area contributed by atoms with Crippen LogP contribution >= 0.6 is 23.4 Å². The molecule has 1 atom stereocenters. The first-order chi connectivity index (χ1) is 19.4. The zero-order chi connectivity index (χ0) is 27.8. The monoisotopic (exact) mass is 569 g/mol. The van der Waals surface area contributed by atoms with Crippen molar-refractivity contribution in [1.29, 1.82) is 0 Å². The van der Waals surface area contributed by atoms with E-state index < -0.39 is 6.04 Å². The smallest absolute Gasteiger partial charge is 0.264 e. The van der Waals surface area contributed by atoms with E-state index in [2.05, 4.69) is 20.3 Å². The number of benzene rings is 3. The van der Waals surface area contributed by atoms with Crippen molar-refractivity contribution in [2.75, 3.05) is 5.32 Å². The van der Waals surface area contributed by atoms with Gasteiger partial charge in [0.1, 0.15) is 29.0 Å². The predicted molar refractivity (Wildman–Crippen MR) is 157 cm³/mol. The molecular weight excluding hydrogens is 549 g/mol. The second-order valence-corrected chi connectivity index (χ2v) is 10.6. The van der Waals surface area contributed by atoms with Crippen molar-refractivity contribution in [1.82, 2.24) is 19.5 Å². The number of pyridine rings is 2. The maximum absolute atomic E-state index is 14.3. The van der Waals surface area contributed by atoms with Crippen molar-refractivity contribution in [3.05, 3.63) is 128 Å². The van der Waals surface area contributed by atoms with Crippen LogP contribution in [-0.2, 0) is 0 Å². The quantitative estimate of drug-likeness (QED) is 0.231. The Bertz CT molecular complexity index is 1990. The molecule has 40 heavy (non-hydrogen) atoms. The molecule has 2 N–H and O–H groups in total. The van der Waals surface area contributed by atoms with E-state index in [4.69, 9.17) is 11.6 Å². The summed E-state index contributed by atoms with van der Waals surface area (Å²) in [6, 6.07) is 21.7. The molecule has 0 saturated heterocycles. The van der Waals surface area contributed by atoms with Gasteiger partial charge in [-0.1, -0.05) is 53.7 Å². The van der Waals surface area contributed by atoms with Crippen molar-refractivity contribution < 1.29 is 4.39 Å². The molecular formula is C30H21ClFN5O2S. The molecule has 6 aromatic rings. The summed E-state index contributed by atoms with van der Waals surface area (Å²) in [5, 5.41) is 5.01. The SMILES string of the molecule is C[C@H](Nc1ncnc2[nH]ccc(=O)c12)c1c(Cl)c2cccc(Sc3ccc(F)cc3)c2c(=O)n1-c1ccccc1. The Balaban J connectivity index is 1.56. The Morgan fingerprint density at radius 3 is 2.50 bits per heavy atom. The third kappa shape index (κ3) is 4.63. The molecule has 0 aliphatic heterocycles. The molecule has 0 saturated carbocycles. The van der Waals surface area contributed by atoms with Gasteiger partial charge in [0.2, 0.25) is 0 Å². The van der Waals surface area contributed by atoms with Crippen LogP contribution < -0.4 is 16.3 Å². The van der Waals surface area contributed by atoms with E-state index in [0.717, 1.165) is 4.90 Å². The van der Waals surface area contributed by atoms with Crippen molar-refractivity contribution in [2.45, 2.75) is 22.8 Å². The first kappa shape index (κ1) is 25.8. The molecule has 0 bridgehead atoms. The first-order valence-corrected chi connectivity index (χ1v) is 13.6. The van der Waals surface area contributed by atoms with Gasteiger partial charge in [-0.15, -0.1) is 0 Å². The van der Waals surface area contributed by atoms with Gasteiger partial charge in [0.05, 0.1) is 22.1 Å². The highest BCUT2D eigenvalue weighted by Gasteiger charge is 2.24. The molecule has 0 fully saturated rings. The Morgan fingerprint density at radius 2 is 1.73 bits per heavy atom. The van der Waals surface area contributed by atoms with E-state index in [9.17, 15) is 14.0 Å². The van der Waals surface area contributed by atoms with Crippen molar-refractivity contribution in [2.24, 2.45) is 0 Å². The minimum Gasteiger partial charge on any atom is -0.361 e. The first-order valence-electron chi connectivity index (χ1n) is 12.4. The number of nitrogens with zero attached hydrogens (tertiary/aromatic N) is 3. The minimum atomic E-state index is -0.545. The molecule has 198 valence electrons. The summed E-state index contributed by atoms with van der Waals surface area (Å²) < 4.78 is 15.1. The van der Waals surface area contributed by atoms with Crippen LogP contribution in [0.1, 0.15) is 18.7 Å². The number of fused-ring (bicyclic) bond motifs is 2. The average Bonchev–Trinajstić information content (AvgIpc) is 2.96. The van der Waals surface area contributed by atoms with E-state index in [1.165, 1.54) is 42.5 Å². The second kappa shape index (κ2) is 10.6. The lowest BCUT2D eigenvalue weighted by Gasteiger charge is -2.24. The van der Waals surface area contributed by atoms with E-state index in [1.807, 2.05) is 55.5 Å². The fraction of sp³-hybridized carbons (Fsp3) is 0.0667. The van der Waals surface area contributed by atoms with Gasteiger partial charge in [0.25, 0.3) is 5.56 Å². The van der Waals surface area contributed by atoms with Gasteiger partial charge in [-0.3, -0.25) is 14.2 Å². The van der Waals surface area contributed by atoms with E-state index >= 15 is 0 Å². The number of aromatic amines is 1. The van der Waals surface area contributed by atoms with Gasteiger partial charge in [0, 0.05) is 33.1 Å². The van der Waals surface area contributed by atoms with Gasteiger partial charge in [0.15, 0.2) is 5.43 Å². The van der Waals surface area contributed by atoms with Crippen molar-refractivity contribution in [3.63, 3.8) is 0 Å². The number of rotatable bonds is 6. The van der Waals surface area contributed by atoms with Crippen LogP contribution in [0.4, 0.5) is 10.2 Å². The number of anilines is 1. The topological polar surface area (TPSA) is 92.7 Å². The van der Waals surface area contributed by atoms with Crippen LogP contribution in [0.5, 0.6) is 0 Å². The van der Waals surface area contributed by atoms with Crippen LogP contribution in [0.2, 0.25) is 5.02 Å². The number of hydrogen-bond donors (Lipinski definition) is 2. The normalized spacial score (nSPS) is 12.1. The highest BCUT2D eigenvalue weighted by atomic mass is 35.5. The summed E-state index contributed by atoms with van der Waals surface area (Å²) in [5.41, 5.74) is 1.03. The van der Waals surface area contributed by atoms with E-state index in [-0.39, 0.29) is 16.8 Å². The number of para-hydroxylation sites is 1. The molecule has 0 aliphatic rings. The molecule has 0 amide bonds. The molecule has 3 aromatic heterocycles. The van der Waals surface area contributed by atoms with Crippen LogP contribution in [0.3, 0.4) is 0 Å². The van der Waals surface area contributed by atoms with Gasteiger partial charge in [-0.25, -0.2) is 14.4 Å². The third-order valence-corrected chi connectivity index (χ3v) is 7.98. The summed E-state index contributed by atoms with van der Waals surface area (Å²) in [7, 11) is 0. The molecule has 3 aromatic carbocycles. The van der Waals surface area contributed by atoms with Crippen molar-refractivity contribution >= 4 is 51.0 Å². The van der Waals surface area contributed by atoms with Crippen LogP contribution in [-0.4, -0.2) is 19.5 Å². The van der Waals surface area contributed by atoms with Crippen LogP contribution in [0.25, 0.3) is 27.5 Å². The molecule has 3 heterocycles. The Morgan fingerprint density at radius 1 is 0.950 bits per heavy atom. The maximum atomic E-state index is 14.3. The molecule has 0 unspecified atom stereocenters. The summed E-state index contributed by atoms with van der Waals surface area (Å²) in [6.45, 7) is 1.86. The average molecular weight is 570 g/mol. The molecule has 0 aliphatic carbocycles. The Hall–Kier alpha value is -4.47. The summed E-state index contributed by atoms with van der Waals surface area (Å²) in [6.07, 6.45) is 2.89. The lowest BCUT2D eigenvalue weighted by molar-refractivity contribution is 0.626. The zero-order valence-corrected chi connectivity index (χ0v) is 22.6. The molecule has 6 rings (SSSR count). The largest absolute Gasteiger partial charge is 0.361 e. The number of hydrogen-bond acceptors (Lipinski definition) is 6. The lowest BCUT2D eigenvalue weighted by atomic mass is 10.1. The lowest BCUT2D eigenvalue weighted by Crippen LogP contribution is -2.27. The second-order valence-electron chi connectivity index (χ2n) is 9.06. The maximum Gasteiger partial charge on any atom is 0.264 e. The van der Waals surface area contributed by atoms with Gasteiger partial charge in [-0.05, 0) is 49.4 Å². The fourth-order valence-corrected chi connectivity index (χ4v) is 6.09. The van der Waals surface area contributed by atoms with Gasteiger partial charge in [-0.2, -0.15) is 0 Å². The summed E-state index contributed by atoms with van der Waals surface area (Å²) >= 11 is 8.48. The number of halogens is 2. The van der Waals surface area contributed by atoms with E-state index in [0.29, 0.717) is 48.9 Å². The van der Waals surface area contributed by atoms with E-state index in [1.54, 1.807) is 16.7 Å². The van der Waals surface area contributed by atoms with Crippen LogP contribution in [0.15, 0.2) is 111 Å². The Kier molecular flexibility index (Phi) is 6.83. The number of nitrogens with one attached hydrogen (secondary N) is 2. The third-order valence-electron chi connectivity index (χ3n) is 6.51. The molecule has 0 radical (unpaired) electrons. The predicted octanol–water partition coefficient (Wildman–Crippen LogP) is 6.74. The van der Waals surface area contributed by atoms with Crippen LogP contribution in [0, 0.1) is 5.82 Å². The highest BCUT2D eigenvalue weighted by Crippen LogP contribution is 2.38. The van der Waals surface area contributed by atoms with Gasteiger partial charge < -0.3 is 10.3 Å². The molecule has 7 nitrogen and oxygen atoms in total. The number of aromatic nitrogens is 4. The van der Waals surface area contributed by atoms with Crippen molar-refractivity contribution in [3.8, 4) is 5.69 Å². The highest BCUT2D eigenvalue weighted by molar-refractivity contribution is 7.99. The molecule has 10 heteroatoms.